The van der Waals surface area contributed by atoms with Crippen LogP contribution in [0.5, 0.6) is 0 Å². The molecule has 1 aliphatic rings. The molecule has 0 spiro atoms. The lowest BCUT2D eigenvalue weighted by Gasteiger charge is -2.30. The van der Waals surface area contributed by atoms with E-state index in [1.807, 2.05) is 13.8 Å². The number of Topliss-reactive ketones (excluding diaryl/α,β-unsaturated/α-hetero) is 2. The zero-order valence-corrected chi connectivity index (χ0v) is 14.4. The summed E-state index contributed by atoms with van der Waals surface area (Å²) in [6.45, 7) is 3.70. The molecule has 2 rings (SSSR count). The first kappa shape index (κ1) is 17.7. The molecule has 0 aromatic heterocycles. The zero-order valence-electron chi connectivity index (χ0n) is 12.9. The van der Waals surface area contributed by atoms with E-state index in [2.05, 4.69) is 5.32 Å². The van der Waals surface area contributed by atoms with Gasteiger partial charge in [0.1, 0.15) is 5.92 Å². The Hall–Kier alpha value is -1.65. The fraction of sp³-hybridized carbons (Fsp3) is 0.353. The van der Waals surface area contributed by atoms with Crippen LogP contribution in [0.25, 0.3) is 0 Å². The van der Waals surface area contributed by atoms with Gasteiger partial charge in [-0.25, -0.2) is 0 Å². The van der Waals surface area contributed by atoms with E-state index in [0.717, 1.165) is 0 Å². The number of rotatable bonds is 4. The van der Waals surface area contributed by atoms with Crippen LogP contribution >= 0.6 is 23.2 Å². The van der Waals surface area contributed by atoms with Gasteiger partial charge in [-0.05, 0) is 29.7 Å². The van der Waals surface area contributed by atoms with E-state index in [-0.39, 0.29) is 29.8 Å². The van der Waals surface area contributed by atoms with E-state index in [0.29, 0.717) is 15.7 Å². The molecule has 1 aromatic rings. The predicted octanol–water partition coefficient (Wildman–Crippen LogP) is 4.06. The van der Waals surface area contributed by atoms with Gasteiger partial charge in [-0.15, -0.1) is 0 Å². The fourth-order valence-corrected chi connectivity index (χ4v) is 2.97. The van der Waals surface area contributed by atoms with Crippen molar-refractivity contribution in [3.05, 3.63) is 40.5 Å². The predicted molar refractivity (Wildman–Crippen MR) is 90.8 cm³/mol. The minimum absolute atomic E-state index is 0.233. The number of halogens is 2. The molecule has 1 N–H and O–H groups in total. The molecule has 4 nitrogen and oxygen atoms in total. The summed E-state index contributed by atoms with van der Waals surface area (Å²) in [5.74, 6) is -2.33. The van der Waals surface area contributed by atoms with Crippen LogP contribution in [0, 0.1) is 11.3 Å². The molecule has 0 aliphatic heterocycles. The second-order valence-corrected chi connectivity index (χ2v) is 7.23. The number of carbonyl (C=O) groups is 3. The third-order valence-corrected chi connectivity index (χ3v) is 4.21. The first-order valence-corrected chi connectivity index (χ1v) is 7.93. The smallest absolute Gasteiger partial charge is 0.175 e. The highest BCUT2D eigenvalue weighted by Crippen LogP contribution is 2.34. The molecule has 0 atom stereocenters. The normalized spacial score (nSPS) is 18.4. The molecule has 0 bridgehead atoms. The van der Waals surface area contributed by atoms with E-state index in [1.54, 1.807) is 18.2 Å². The van der Waals surface area contributed by atoms with Gasteiger partial charge in [0, 0.05) is 24.1 Å². The topological polar surface area (TPSA) is 63.2 Å². The van der Waals surface area contributed by atoms with Crippen molar-refractivity contribution in [1.29, 1.82) is 0 Å². The summed E-state index contributed by atoms with van der Waals surface area (Å²) in [5.41, 5.74) is 0.159. The molecule has 1 fully saturated rings. The van der Waals surface area contributed by atoms with E-state index >= 15 is 0 Å². The maximum Gasteiger partial charge on any atom is 0.175 e. The van der Waals surface area contributed by atoms with Gasteiger partial charge in [0.2, 0.25) is 0 Å². The second-order valence-electron chi connectivity index (χ2n) is 6.39. The van der Waals surface area contributed by atoms with Crippen molar-refractivity contribution >= 4 is 46.2 Å². The van der Waals surface area contributed by atoms with E-state index in [1.165, 1.54) is 12.3 Å². The quantitative estimate of drug-likeness (QED) is 0.654. The van der Waals surface area contributed by atoms with Crippen molar-refractivity contribution in [2.75, 3.05) is 5.32 Å². The van der Waals surface area contributed by atoms with Crippen molar-refractivity contribution in [1.82, 2.24) is 0 Å². The Bertz CT molecular complexity index is 675. The summed E-state index contributed by atoms with van der Waals surface area (Å²) < 4.78 is 0. The van der Waals surface area contributed by atoms with E-state index in [9.17, 15) is 14.4 Å². The molecule has 0 radical (unpaired) electrons. The van der Waals surface area contributed by atoms with Crippen LogP contribution in [-0.4, -0.2) is 17.3 Å². The summed E-state index contributed by atoms with van der Waals surface area (Å²) in [6.07, 6.45) is 3.02. The lowest BCUT2D eigenvalue weighted by molar-refractivity contribution is -0.143. The molecule has 0 amide bonds. The number of hydrogen-bond donors (Lipinski definition) is 1. The Kier molecular flexibility index (Phi) is 5.27. The van der Waals surface area contributed by atoms with Crippen molar-refractivity contribution in [2.45, 2.75) is 26.7 Å². The van der Waals surface area contributed by atoms with E-state index in [4.69, 9.17) is 23.2 Å². The molecule has 1 aromatic carbocycles. The Labute approximate surface area is 144 Å². The minimum Gasteiger partial charge on any atom is -0.360 e. The number of hydrogen-bond acceptors (Lipinski definition) is 4. The molecular weight excluding hydrogens is 337 g/mol. The Morgan fingerprint density at radius 3 is 2.43 bits per heavy atom. The van der Waals surface area contributed by atoms with Crippen molar-refractivity contribution < 1.29 is 14.4 Å². The number of benzene rings is 1. The second kappa shape index (κ2) is 6.85. The summed E-state index contributed by atoms with van der Waals surface area (Å²) in [7, 11) is 0. The van der Waals surface area contributed by atoms with Gasteiger partial charge in [0.05, 0.1) is 10.7 Å². The molecule has 0 saturated heterocycles. The average molecular weight is 354 g/mol. The number of anilines is 1. The number of allylic oxidation sites excluding steroid dienone is 1. The van der Waals surface area contributed by atoms with Gasteiger partial charge in [-0.1, -0.05) is 37.0 Å². The molecule has 1 aliphatic carbocycles. The van der Waals surface area contributed by atoms with Gasteiger partial charge in [0.25, 0.3) is 0 Å². The zero-order chi connectivity index (χ0) is 17.2. The highest BCUT2D eigenvalue weighted by Gasteiger charge is 2.42. The van der Waals surface area contributed by atoms with Gasteiger partial charge >= 0.3 is 0 Å². The molecule has 0 unspecified atom stereocenters. The SMILES string of the molecule is CC1(C)CC(=O)C(C(=O)/C=C\Nc2cc(Cl)ccc2Cl)C(=O)C1. The summed E-state index contributed by atoms with van der Waals surface area (Å²) in [4.78, 5) is 36.3. The Balaban J connectivity index is 2.05. The van der Waals surface area contributed by atoms with Crippen molar-refractivity contribution in [3.8, 4) is 0 Å². The third-order valence-electron chi connectivity index (χ3n) is 3.65. The fourth-order valence-electron chi connectivity index (χ4n) is 2.62. The highest BCUT2D eigenvalue weighted by atomic mass is 35.5. The molecule has 1 saturated carbocycles. The number of nitrogens with one attached hydrogen (secondary N) is 1. The average Bonchev–Trinajstić information content (AvgIpc) is 2.40. The van der Waals surface area contributed by atoms with Crippen LogP contribution in [-0.2, 0) is 14.4 Å². The van der Waals surface area contributed by atoms with Crippen LogP contribution in [0.4, 0.5) is 5.69 Å². The molecule has 122 valence electrons. The first-order chi connectivity index (χ1) is 10.7. The molecule has 6 heteroatoms. The molecule has 23 heavy (non-hydrogen) atoms. The number of ketones is 3. The third kappa shape index (κ3) is 4.43. The Morgan fingerprint density at radius 1 is 1.22 bits per heavy atom. The molecule has 0 heterocycles. The van der Waals surface area contributed by atoms with Gasteiger partial charge in [-0.2, -0.15) is 0 Å². The van der Waals surface area contributed by atoms with Crippen LogP contribution in [0.1, 0.15) is 26.7 Å². The monoisotopic (exact) mass is 353 g/mol. The highest BCUT2D eigenvalue weighted by molar-refractivity contribution is 6.35. The Morgan fingerprint density at radius 2 is 1.83 bits per heavy atom. The van der Waals surface area contributed by atoms with Crippen LogP contribution in [0.2, 0.25) is 10.0 Å². The van der Waals surface area contributed by atoms with Crippen molar-refractivity contribution in [3.63, 3.8) is 0 Å². The van der Waals surface area contributed by atoms with Crippen LogP contribution < -0.4 is 5.32 Å². The van der Waals surface area contributed by atoms with Gasteiger partial charge < -0.3 is 5.32 Å². The van der Waals surface area contributed by atoms with Crippen molar-refractivity contribution in [2.24, 2.45) is 11.3 Å². The largest absolute Gasteiger partial charge is 0.360 e. The summed E-state index contributed by atoms with van der Waals surface area (Å²) in [5, 5.41) is 3.77. The maximum absolute atomic E-state index is 12.1. The molecular formula is C17H17Cl2NO3. The van der Waals surface area contributed by atoms with Gasteiger partial charge in [0.15, 0.2) is 17.3 Å². The summed E-state index contributed by atoms with van der Waals surface area (Å²) in [6, 6.07) is 4.88. The minimum atomic E-state index is -1.18. The number of carbonyl (C=O) groups excluding carboxylic acids is 3. The summed E-state index contributed by atoms with van der Waals surface area (Å²) >= 11 is 11.9. The van der Waals surface area contributed by atoms with E-state index < -0.39 is 11.7 Å². The standard InChI is InChI=1S/C17H17Cl2NO3/c1-17(2)8-14(22)16(15(23)9-17)13(21)5-6-20-12-7-10(18)3-4-11(12)19/h3-7,16,20H,8-9H2,1-2H3/b6-5-. The lowest BCUT2D eigenvalue weighted by Crippen LogP contribution is -2.41. The van der Waals surface area contributed by atoms with Crippen LogP contribution in [0.3, 0.4) is 0 Å². The maximum atomic E-state index is 12.1. The van der Waals surface area contributed by atoms with Gasteiger partial charge in [-0.3, -0.25) is 14.4 Å². The first-order valence-electron chi connectivity index (χ1n) is 7.17. The van der Waals surface area contributed by atoms with Crippen LogP contribution in [0.15, 0.2) is 30.5 Å². The lowest BCUT2D eigenvalue weighted by atomic mass is 9.70.